The molecule has 0 bridgehead atoms. The summed E-state index contributed by atoms with van der Waals surface area (Å²) in [7, 11) is 0. The predicted molar refractivity (Wildman–Crippen MR) is 63.5 cm³/mol. The Morgan fingerprint density at radius 3 is 2.27 bits per heavy atom. The van der Waals surface area contributed by atoms with Crippen LogP contribution in [0.1, 0.15) is 27.7 Å². The number of benzene rings is 1. The minimum atomic E-state index is -0.174. The Labute approximate surface area is 91.8 Å². The van der Waals surface area contributed by atoms with Crippen LogP contribution in [0.4, 0.5) is 5.69 Å². The molecule has 0 aromatic heterocycles. The molecule has 3 nitrogen and oxygen atoms in total. The van der Waals surface area contributed by atoms with Crippen molar-refractivity contribution in [3.8, 4) is 0 Å². The lowest BCUT2D eigenvalue weighted by Gasteiger charge is -2.24. The summed E-state index contributed by atoms with van der Waals surface area (Å²) in [5, 5.41) is 3.28. The molecule has 0 spiro atoms. The summed E-state index contributed by atoms with van der Waals surface area (Å²) < 4.78 is 0. The van der Waals surface area contributed by atoms with E-state index in [2.05, 4.69) is 10.8 Å². The van der Waals surface area contributed by atoms with Crippen molar-refractivity contribution in [1.82, 2.24) is 5.48 Å². The van der Waals surface area contributed by atoms with Crippen molar-refractivity contribution in [2.45, 2.75) is 39.5 Å². The molecule has 0 saturated carbocycles. The molecule has 15 heavy (non-hydrogen) atoms. The maximum absolute atomic E-state index is 5.45. The molecule has 0 radical (unpaired) electrons. The van der Waals surface area contributed by atoms with Gasteiger partial charge in [0.15, 0.2) is 0 Å². The van der Waals surface area contributed by atoms with Gasteiger partial charge in [-0.1, -0.05) is 18.2 Å². The Hall–Kier alpha value is -1.06. The molecule has 0 heterocycles. The summed E-state index contributed by atoms with van der Waals surface area (Å²) in [6, 6.07) is 10.0. The summed E-state index contributed by atoms with van der Waals surface area (Å²) in [5.41, 5.74) is 3.86. The molecule has 2 N–H and O–H groups in total. The fraction of sp³-hybridized carbons (Fsp3) is 0.500. The number of hydroxylamine groups is 1. The van der Waals surface area contributed by atoms with Crippen molar-refractivity contribution in [1.29, 1.82) is 0 Å². The van der Waals surface area contributed by atoms with Crippen LogP contribution in [0.25, 0.3) is 0 Å². The van der Waals surface area contributed by atoms with Crippen LogP contribution in [-0.4, -0.2) is 11.8 Å². The molecule has 0 amide bonds. The lowest BCUT2D eigenvalue weighted by atomic mass is 10.2. The van der Waals surface area contributed by atoms with Gasteiger partial charge in [-0.2, -0.15) is 5.48 Å². The van der Waals surface area contributed by atoms with Gasteiger partial charge in [-0.3, -0.25) is 4.84 Å². The van der Waals surface area contributed by atoms with Crippen LogP contribution in [0.5, 0.6) is 0 Å². The van der Waals surface area contributed by atoms with Crippen LogP contribution in [0.15, 0.2) is 30.3 Å². The topological polar surface area (TPSA) is 33.3 Å². The second-order valence-electron chi connectivity index (χ2n) is 4.56. The van der Waals surface area contributed by atoms with Gasteiger partial charge in [0.1, 0.15) is 0 Å². The van der Waals surface area contributed by atoms with Gasteiger partial charge in [-0.25, -0.2) is 0 Å². The molecule has 1 unspecified atom stereocenters. The van der Waals surface area contributed by atoms with Gasteiger partial charge in [0, 0.05) is 5.69 Å². The minimum absolute atomic E-state index is 0.0756. The van der Waals surface area contributed by atoms with E-state index in [0.717, 1.165) is 5.69 Å². The zero-order valence-electron chi connectivity index (χ0n) is 9.87. The van der Waals surface area contributed by atoms with Crippen LogP contribution in [0, 0.1) is 0 Å². The number of nitrogens with one attached hydrogen (secondary N) is 2. The highest BCUT2D eigenvalue weighted by atomic mass is 16.7. The smallest absolute Gasteiger partial charge is 0.0971 e. The first-order valence-corrected chi connectivity index (χ1v) is 5.22. The summed E-state index contributed by atoms with van der Waals surface area (Å²) in [5.74, 6) is 0. The van der Waals surface area contributed by atoms with Gasteiger partial charge in [0.05, 0.1) is 11.8 Å². The minimum Gasteiger partial charge on any atom is -0.368 e. The third kappa shape index (κ3) is 5.40. The van der Waals surface area contributed by atoms with Crippen LogP contribution >= 0.6 is 0 Å². The zero-order valence-corrected chi connectivity index (χ0v) is 9.87. The van der Waals surface area contributed by atoms with Gasteiger partial charge in [0.25, 0.3) is 0 Å². The predicted octanol–water partition coefficient (Wildman–Crippen LogP) is 2.76. The number of hydrogen-bond donors (Lipinski definition) is 2. The molecular weight excluding hydrogens is 188 g/mol. The zero-order chi connectivity index (χ0) is 11.3. The van der Waals surface area contributed by atoms with E-state index in [0.29, 0.717) is 0 Å². The molecule has 1 aromatic rings. The maximum Gasteiger partial charge on any atom is 0.0971 e. The largest absolute Gasteiger partial charge is 0.368 e. The van der Waals surface area contributed by atoms with Crippen molar-refractivity contribution in [3.63, 3.8) is 0 Å². The van der Waals surface area contributed by atoms with E-state index < -0.39 is 0 Å². The van der Waals surface area contributed by atoms with Crippen LogP contribution in [-0.2, 0) is 4.84 Å². The highest BCUT2D eigenvalue weighted by Gasteiger charge is 2.11. The Morgan fingerprint density at radius 2 is 1.73 bits per heavy atom. The highest BCUT2D eigenvalue weighted by molar-refractivity contribution is 5.42. The molecule has 0 aliphatic rings. The summed E-state index contributed by atoms with van der Waals surface area (Å²) >= 11 is 0. The first-order valence-electron chi connectivity index (χ1n) is 5.22. The SMILES string of the molecule is CC(NOC(C)(C)C)Nc1ccccc1. The number of hydrogen-bond acceptors (Lipinski definition) is 3. The first kappa shape index (κ1) is 12.0. The standard InChI is InChI=1S/C12H20N2O/c1-10(14-15-12(2,3)4)13-11-8-6-5-7-9-11/h5-10,13-14H,1-4H3. The van der Waals surface area contributed by atoms with E-state index >= 15 is 0 Å². The number of rotatable bonds is 4. The van der Waals surface area contributed by atoms with E-state index in [4.69, 9.17) is 4.84 Å². The fourth-order valence-electron chi connectivity index (χ4n) is 1.08. The van der Waals surface area contributed by atoms with Gasteiger partial charge >= 0.3 is 0 Å². The molecule has 1 rings (SSSR count). The Bertz CT molecular complexity index is 279. The lowest BCUT2D eigenvalue weighted by Crippen LogP contribution is -2.39. The number of para-hydroxylation sites is 1. The first-order chi connectivity index (χ1) is 6.97. The Balaban J connectivity index is 2.34. The van der Waals surface area contributed by atoms with Crippen molar-refractivity contribution in [3.05, 3.63) is 30.3 Å². The van der Waals surface area contributed by atoms with Gasteiger partial charge in [-0.05, 0) is 39.8 Å². The summed E-state index contributed by atoms with van der Waals surface area (Å²) in [6.07, 6.45) is 0.0756. The van der Waals surface area contributed by atoms with E-state index in [1.165, 1.54) is 0 Å². The molecular formula is C12H20N2O. The average Bonchev–Trinajstić information content (AvgIpc) is 2.15. The van der Waals surface area contributed by atoms with Gasteiger partial charge in [-0.15, -0.1) is 0 Å². The average molecular weight is 208 g/mol. The monoisotopic (exact) mass is 208 g/mol. The van der Waals surface area contributed by atoms with Crippen molar-refractivity contribution in [2.75, 3.05) is 5.32 Å². The maximum atomic E-state index is 5.45. The third-order valence-corrected chi connectivity index (χ3v) is 1.70. The Morgan fingerprint density at radius 1 is 1.13 bits per heavy atom. The fourth-order valence-corrected chi connectivity index (χ4v) is 1.08. The van der Waals surface area contributed by atoms with Gasteiger partial charge in [0.2, 0.25) is 0 Å². The molecule has 84 valence electrons. The molecule has 1 aromatic carbocycles. The molecule has 0 aliphatic heterocycles. The van der Waals surface area contributed by atoms with Crippen LogP contribution in [0.3, 0.4) is 0 Å². The molecule has 0 saturated heterocycles. The van der Waals surface area contributed by atoms with Crippen LogP contribution < -0.4 is 10.8 Å². The van der Waals surface area contributed by atoms with E-state index in [1.54, 1.807) is 0 Å². The second kappa shape index (κ2) is 5.14. The van der Waals surface area contributed by atoms with Crippen molar-refractivity contribution < 1.29 is 4.84 Å². The van der Waals surface area contributed by atoms with Crippen molar-refractivity contribution >= 4 is 5.69 Å². The van der Waals surface area contributed by atoms with Gasteiger partial charge < -0.3 is 5.32 Å². The van der Waals surface area contributed by atoms with Crippen molar-refractivity contribution in [2.24, 2.45) is 0 Å². The second-order valence-corrected chi connectivity index (χ2v) is 4.56. The normalized spacial score (nSPS) is 13.6. The lowest BCUT2D eigenvalue weighted by molar-refractivity contribution is -0.0822. The Kier molecular flexibility index (Phi) is 4.12. The summed E-state index contributed by atoms with van der Waals surface area (Å²) in [4.78, 5) is 5.45. The van der Waals surface area contributed by atoms with E-state index in [1.807, 2.05) is 58.0 Å². The van der Waals surface area contributed by atoms with Crippen LogP contribution in [0.2, 0.25) is 0 Å². The summed E-state index contributed by atoms with van der Waals surface area (Å²) in [6.45, 7) is 8.04. The van der Waals surface area contributed by atoms with E-state index in [9.17, 15) is 0 Å². The quantitative estimate of drug-likeness (QED) is 0.589. The highest BCUT2D eigenvalue weighted by Crippen LogP contribution is 2.08. The molecule has 1 atom stereocenters. The molecule has 0 fully saturated rings. The third-order valence-electron chi connectivity index (χ3n) is 1.70. The number of anilines is 1. The van der Waals surface area contributed by atoms with E-state index in [-0.39, 0.29) is 11.8 Å². The molecule has 0 aliphatic carbocycles. The molecule has 3 heteroatoms.